The van der Waals surface area contributed by atoms with Gasteiger partial charge in [-0.1, -0.05) is 53.7 Å². The molecule has 0 saturated carbocycles. The molecule has 2 N–H and O–H groups in total. The Morgan fingerprint density at radius 3 is 1.73 bits per heavy atom. The second kappa shape index (κ2) is 7.40. The third-order valence-corrected chi connectivity index (χ3v) is 4.66. The van der Waals surface area contributed by atoms with Gasteiger partial charge in [0.1, 0.15) is 23.4 Å². The Bertz CT molecular complexity index is 717. The third kappa shape index (κ3) is 4.64. The minimum Gasteiger partial charge on any atom is -0.508 e. The largest absolute Gasteiger partial charge is 0.508 e. The van der Waals surface area contributed by atoms with E-state index < -0.39 is 0 Å². The van der Waals surface area contributed by atoms with Crippen LogP contribution in [0.5, 0.6) is 17.2 Å². The molecule has 0 aromatic heterocycles. The van der Waals surface area contributed by atoms with E-state index in [9.17, 15) is 10.2 Å². The van der Waals surface area contributed by atoms with Gasteiger partial charge >= 0.3 is 0 Å². The molecule has 0 aliphatic carbocycles. The summed E-state index contributed by atoms with van der Waals surface area (Å²) in [4.78, 5) is 0. The number of hydrogen-bond donors (Lipinski definition) is 2. The normalized spacial score (nSPS) is 13.5. The molecule has 0 saturated heterocycles. The fraction of sp³-hybridized carbons (Fsp3) is 0.455. The van der Waals surface area contributed by atoms with E-state index >= 15 is 0 Å². The predicted molar refractivity (Wildman–Crippen MR) is 108 cm³/mol. The molecule has 1 unspecified atom stereocenters. The van der Waals surface area contributed by atoms with Crippen LogP contribution in [0.2, 0.25) is 0 Å². The van der Waals surface area contributed by atoms with Crippen molar-refractivity contribution in [1.82, 2.24) is 0 Å². The number of phenols is 2. The Labute approximate surface area is 161 Å². The van der Waals surface area contributed by atoms with Crippen LogP contribution in [0.25, 0.3) is 0 Å². The fourth-order valence-corrected chi connectivity index (χ4v) is 3.10. The summed E-state index contributed by atoms with van der Waals surface area (Å²) in [5, 5.41) is 20.3. The van der Waals surface area contributed by atoms with E-state index in [2.05, 4.69) is 41.5 Å². The Morgan fingerprint density at radius 1 is 0.885 bits per heavy atom. The molecule has 26 heavy (non-hydrogen) atoms. The SMILES string of the molecule is CC(C)(C)c1cc(OC(CCl)c2ccc(O)cc2)cc(C(C)(C)C)c1O. The lowest BCUT2D eigenvalue weighted by atomic mass is 9.79. The Balaban J connectivity index is 2.49. The van der Waals surface area contributed by atoms with Gasteiger partial charge < -0.3 is 14.9 Å². The molecular weight excluding hydrogens is 348 g/mol. The Hall–Kier alpha value is -1.87. The highest BCUT2D eigenvalue weighted by Crippen LogP contribution is 2.42. The van der Waals surface area contributed by atoms with Crippen LogP contribution in [0.3, 0.4) is 0 Å². The molecule has 3 nitrogen and oxygen atoms in total. The molecule has 1 atom stereocenters. The highest BCUT2D eigenvalue weighted by Gasteiger charge is 2.27. The third-order valence-electron chi connectivity index (χ3n) is 4.38. The van der Waals surface area contributed by atoms with Crippen LogP contribution in [0.15, 0.2) is 36.4 Å². The van der Waals surface area contributed by atoms with Crippen LogP contribution in [0, 0.1) is 0 Å². The lowest BCUT2D eigenvalue weighted by Crippen LogP contribution is -2.18. The van der Waals surface area contributed by atoms with Crippen molar-refractivity contribution in [1.29, 1.82) is 0 Å². The number of aromatic hydroxyl groups is 2. The summed E-state index contributed by atoms with van der Waals surface area (Å²) in [7, 11) is 0. The number of halogens is 1. The molecule has 0 heterocycles. The van der Waals surface area contributed by atoms with Crippen molar-refractivity contribution in [3.63, 3.8) is 0 Å². The molecular formula is C22H29ClO3. The lowest BCUT2D eigenvalue weighted by Gasteiger charge is -2.29. The van der Waals surface area contributed by atoms with Crippen LogP contribution in [0.4, 0.5) is 0 Å². The van der Waals surface area contributed by atoms with Gasteiger partial charge in [0.05, 0.1) is 5.88 Å². The number of alkyl halides is 1. The number of phenolic OH excluding ortho intramolecular Hbond substituents is 2. The van der Waals surface area contributed by atoms with Gasteiger partial charge in [-0.25, -0.2) is 0 Å². The first-order chi connectivity index (χ1) is 11.9. The maximum absolute atomic E-state index is 10.8. The maximum atomic E-state index is 10.8. The first kappa shape index (κ1) is 20.4. The molecule has 4 heteroatoms. The molecule has 0 bridgehead atoms. The van der Waals surface area contributed by atoms with Gasteiger partial charge in [0, 0.05) is 11.1 Å². The molecule has 2 rings (SSSR count). The summed E-state index contributed by atoms with van der Waals surface area (Å²) in [5.41, 5.74) is 2.13. The van der Waals surface area contributed by atoms with E-state index in [1.54, 1.807) is 24.3 Å². The molecule has 0 amide bonds. The Morgan fingerprint density at radius 2 is 1.35 bits per heavy atom. The zero-order valence-corrected chi connectivity index (χ0v) is 17.2. The molecule has 0 aliphatic heterocycles. The first-order valence-electron chi connectivity index (χ1n) is 8.83. The molecule has 0 aliphatic rings. The van der Waals surface area contributed by atoms with Crippen molar-refractivity contribution < 1.29 is 14.9 Å². The smallest absolute Gasteiger partial charge is 0.137 e. The van der Waals surface area contributed by atoms with E-state index in [0.29, 0.717) is 11.5 Å². The average molecular weight is 377 g/mol. The van der Waals surface area contributed by atoms with Crippen molar-refractivity contribution in [3.05, 3.63) is 53.1 Å². The van der Waals surface area contributed by atoms with Gasteiger partial charge in [-0.3, -0.25) is 0 Å². The van der Waals surface area contributed by atoms with Crippen LogP contribution >= 0.6 is 11.6 Å². The van der Waals surface area contributed by atoms with Crippen molar-refractivity contribution >= 4 is 11.6 Å². The monoisotopic (exact) mass is 376 g/mol. The Kier molecular flexibility index (Phi) is 5.82. The topological polar surface area (TPSA) is 49.7 Å². The quantitative estimate of drug-likeness (QED) is 0.638. The fourth-order valence-electron chi connectivity index (χ4n) is 2.86. The molecule has 0 fully saturated rings. The van der Waals surface area contributed by atoms with Gasteiger partial charge in [-0.2, -0.15) is 0 Å². The van der Waals surface area contributed by atoms with Crippen molar-refractivity contribution in [2.24, 2.45) is 0 Å². The standard InChI is InChI=1S/C22H29ClO3/c1-21(2,3)17-11-16(12-18(20(17)25)22(4,5)6)26-19(13-23)14-7-9-15(24)10-8-14/h7-12,19,24-25H,13H2,1-6H3. The first-order valence-corrected chi connectivity index (χ1v) is 9.36. The van der Waals surface area contributed by atoms with Crippen molar-refractivity contribution in [3.8, 4) is 17.2 Å². The van der Waals surface area contributed by atoms with Gasteiger partial charge in [0.25, 0.3) is 0 Å². The molecule has 0 radical (unpaired) electrons. The van der Waals surface area contributed by atoms with E-state index in [-0.39, 0.29) is 28.6 Å². The predicted octanol–water partition coefficient (Wildman–Crippen LogP) is 6.05. The summed E-state index contributed by atoms with van der Waals surface area (Å²) in [6, 6.07) is 10.6. The number of benzene rings is 2. The number of ether oxygens (including phenoxy) is 1. The maximum Gasteiger partial charge on any atom is 0.137 e. The summed E-state index contributed by atoms with van der Waals surface area (Å²) >= 11 is 6.15. The molecule has 2 aromatic carbocycles. The summed E-state index contributed by atoms with van der Waals surface area (Å²) in [6.07, 6.45) is -0.345. The van der Waals surface area contributed by atoms with Crippen LogP contribution < -0.4 is 4.74 Å². The van der Waals surface area contributed by atoms with E-state index in [0.717, 1.165) is 16.7 Å². The van der Waals surface area contributed by atoms with Crippen LogP contribution in [-0.2, 0) is 10.8 Å². The summed E-state index contributed by atoms with van der Waals surface area (Å²) < 4.78 is 6.19. The van der Waals surface area contributed by atoms with E-state index in [4.69, 9.17) is 16.3 Å². The van der Waals surface area contributed by atoms with E-state index in [1.807, 2.05) is 12.1 Å². The second-order valence-electron chi connectivity index (χ2n) is 8.72. The number of rotatable bonds is 4. The lowest BCUT2D eigenvalue weighted by molar-refractivity contribution is 0.228. The minimum atomic E-state index is -0.345. The molecule has 0 spiro atoms. The van der Waals surface area contributed by atoms with Gasteiger partial charge in [0.2, 0.25) is 0 Å². The molecule has 142 valence electrons. The zero-order valence-electron chi connectivity index (χ0n) is 16.4. The van der Waals surface area contributed by atoms with Gasteiger partial charge in [-0.15, -0.1) is 11.6 Å². The summed E-state index contributed by atoms with van der Waals surface area (Å²) in [6.45, 7) is 12.4. The van der Waals surface area contributed by atoms with Gasteiger partial charge in [-0.05, 0) is 40.7 Å². The van der Waals surface area contributed by atoms with Gasteiger partial charge in [0.15, 0.2) is 0 Å². The molecule has 2 aromatic rings. The summed E-state index contributed by atoms with van der Waals surface area (Å²) in [5.74, 6) is 1.49. The second-order valence-corrected chi connectivity index (χ2v) is 9.03. The van der Waals surface area contributed by atoms with E-state index in [1.165, 1.54) is 0 Å². The minimum absolute atomic E-state index is 0.205. The zero-order chi connectivity index (χ0) is 19.7. The van der Waals surface area contributed by atoms with Crippen LogP contribution in [-0.4, -0.2) is 16.1 Å². The average Bonchev–Trinajstić information content (AvgIpc) is 2.52. The van der Waals surface area contributed by atoms with Crippen molar-refractivity contribution in [2.75, 3.05) is 5.88 Å². The van der Waals surface area contributed by atoms with Crippen molar-refractivity contribution in [2.45, 2.75) is 58.5 Å². The highest BCUT2D eigenvalue weighted by atomic mass is 35.5. The highest BCUT2D eigenvalue weighted by molar-refractivity contribution is 6.18. The van der Waals surface area contributed by atoms with Crippen LogP contribution in [0.1, 0.15) is 64.3 Å². The number of hydrogen-bond acceptors (Lipinski definition) is 3.